The van der Waals surface area contributed by atoms with Crippen LogP contribution < -0.4 is 11.5 Å². The third-order valence-electron chi connectivity index (χ3n) is 6.38. The molecule has 0 fully saturated rings. The van der Waals surface area contributed by atoms with Gasteiger partial charge in [0.25, 0.3) is 0 Å². The van der Waals surface area contributed by atoms with Crippen LogP contribution in [0.4, 0.5) is 15.9 Å². The fraction of sp³-hybridized carbons (Fsp3) is 0.179. The van der Waals surface area contributed by atoms with Crippen molar-refractivity contribution in [1.82, 2.24) is 19.7 Å². The summed E-state index contributed by atoms with van der Waals surface area (Å²) in [6.45, 7) is 2.04. The largest absolute Gasteiger partial charge is 0.399 e. The van der Waals surface area contributed by atoms with Crippen LogP contribution in [0.25, 0.3) is 22.2 Å². The minimum Gasteiger partial charge on any atom is -0.399 e. The van der Waals surface area contributed by atoms with Gasteiger partial charge in [-0.2, -0.15) is 5.10 Å². The highest BCUT2D eigenvalue weighted by Crippen LogP contribution is 2.37. The summed E-state index contributed by atoms with van der Waals surface area (Å²) in [6, 6.07) is 20.6. The third kappa shape index (κ3) is 4.28. The normalized spacial score (nSPS) is 12.2. The van der Waals surface area contributed by atoms with E-state index in [0.717, 1.165) is 33.2 Å². The number of nitrogens with two attached hydrogens (primary N) is 2. The average molecular weight is 499 g/mol. The van der Waals surface area contributed by atoms with E-state index in [9.17, 15) is 0 Å². The number of nitrogens with zero attached hydrogens (tertiary/aromatic N) is 4. The summed E-state index contributed by atoms with van der Waals surface area (Å²) in [5, 5.41) is 6.35. The number of rotatable bonds is 6. The highest BCUT2D eigenvalue weighted by Gasteiger charge is 2.28. The van der Waals surface area contributed by atoms with E-state index in [2.05, 4.69) is 0 Å². The zero-order valence-corrected chi connectivity index (χ0v) is 21.2. The number of nitrogen functional groups attached to an aromatic ring is 2. The quantitative estimate of drug-likeness (QED) is 0.227. The van der Waals surface area contributed by atoms with Crippen molar-refractivity contribution in [1.29, 1.82) is 0 Å². The van der Waals surface area contributed by atoms with E-state index in [1.54, 1.807) is 28.6 Å². The predicted molar refractivity (Wildman–Crippen MR) is 146 cm³/mol. The Morgan fingerprint density at radius 3 is 2.58 bits per heavy atom. The summed E-state index contributed by atoms with van der Waals surface area (Å²) in [7, 11) is 1.82. The monoisotopic (exact) mass is 498 g/mol. The van der Waals surface area contributed by atoms with E-state index in [-0.39, 0.29) is 5.82 Å². The first kappa shape index (κ1) is 23.8. The van der Waals surface area contributed by atoms with E-state index >= 15 is 4.39 Å². The Kier molecular flexibility index (Phi) is 6.36. The Morgan fingerprint density at radius 1 is 1.00 bits per heavy atom. The molecule has 36 heavy (non-hydrogen) atoms. The number of pyridine rings is 1. The molecule has 182 valence electrons. The van der Waals surface area contributed by atoms with Crippen molar-refractivity contribution in [2.45, 2.75) is 24.2 Å². The van der Waals surface area contributed by atoms with Crippen LogP contribution >= 0.6 is 11.8 Å². The van der Waals surface area contributed by atoms with Crippen molar-refractivity contribution in [3.8, 4) is 11.4 Å². The van der Waals surface area contributed by atoms with Crippen LogP contribution in [0.5, 0.6) is 0 Å². The van der Waals surface area contributed by atoms with Crippen LogP contribution in [0.1, 0.15) is 35.5 Å². The zero-order chi connectivity index (χ0) is 25.4. The van der Waals surface area contributed by atoms with Crippen molar-refractivity contribution >= 4 is 34.0 Å². The van der Waals surface area contributed by atoms with E-state index < -0.39 is 5.92 Å². The molecule has 0 aliphatic heterocycles. The van der Waals surface area contributed by atoms with Crippen LogP contribution in [-0.4, -0.2) is 26.0 Å². The molecule has 0 radical (unpaired) electrons. The number of hydrogen-bond acceptors (Lipinski definition) is 6. The van der Waals surface area contributed by atoms with Gasteiger partial charge in [0.1, 0.15) is 17.5 Å². The first-order chi connectivity index (χ1) is 17.4. The van der Waals surface area contributed by atoms with Gasteiger partial charge in [-0.25, -0.2) is 14.4 Å². The highest BCUT2D eigenvalue weighted by molar-refractivity contribution is 7.98. The van der Waals surface area contributed by atoms with Crippen LogP contribution in [0.15, 0.2) is 71.6 Å². The molecular weight excluding hydrogens is 471 g/mol. The number of thioether (sulfide) groups is 1. The molecule has 0 spiro atoms. The van der Waals surface area contributed by atoms with Gasteiger partial charge in [0.15, 0.2) is 5.82 Å². The standard InChI is InChI=1S/C28H27FN6S/c1-4-16-9-12-22(29)21(13-16)25(23-15-17-14-18(30)10-11-19(17)26(31)32-23)28-33-27(34-35(28)2)20-7-5-6-8-24(20)36-3/h5-15,25H,4,30H2,1-3H3,(H2,31,32). The first-order valence-corrected chi connectivity index (χ1v) is 12.9. The average Bonchev–Trinajstić information content (AvgIpc) is 3.25. The van der Waals surface area contributed by atoms with Crippen molar-refractivity contribution in [3.05, 3.63) is 95.2 Å². The second-order valence-corrected chi connectivity index (χ2v) is 9.52. The fourth-order valence-corrected chi connectivity index (χ4v) is 5.12. The van der Waals surface area contributed by atoms with Crippen LogP contribution in [0.2, 0.25) is 0 Å². The Balaban J connectivity index is 1.77. The molecule has 2 heterocycles. The molecule has 5 rings (SSSR count). The van der Waals surface area contributed by atoms with E-state index in [0.29, 0.717) is 34.4 Å². The van der Waals surface area contributed by atoms with E-state index in [1.165, 1.54) is 6.07 Å². The zero-order valence-electron chi connectivity index (χ0n) is 20.4. The van der Waals surface area contributed by atoms with Crippen LogP contribution in [0.3, 0.4) is 0 Å². The Labute approximate surface area is 213 Å². The van der Waals surface area contributed by atoms with Crippen molar-refractivity contribution < 1.29 is 4.39 Å². The SMILES string of the molecule is CCc1ccc(F)c(C(c2cc3cc(N)ccc3c(N)n2)c2nc(-c3ccccc3SC)nn2C)c1. The Bertz CT molecular complexity index is 1580. The lowest BCUT2D eigenvalue weighted by Gasteiger charge is -2.19. The second kappa shape index (κ2) is 9.62. The lowest BCUT2D eigenvalue weighted by Crippen LogP contribution is -2.14. The van der Waals surface area contributed by atoms with Gasteiger partial charge in [0.2, 0.25) is 0 Å². The molecule has 0 saturated carbocycles. The van der Waals surface area contributed by atoms with Crippen molar-refractivity contribution in [2.24, 2.45) is 7.05 Å². The highest BCUT2D eigenvalue weighted by atomic mass is 32.2. The molecular formula is C28H27FN6S. The van der Waals surface area contributed by atoms with Crippen LogP contribution in [-0.2, 0) is 13.5 Å². The van der Waals surface area contributed by atoms with E-state index in [4.69, 9.17) is 26.5 Å². The third-order valence-corrected chi connectivity index (χ3v) is 7.18. The van der Waals surface area contributed by atoms with Gasteiger partial charge in [-0.15, -0.1) is 11.8 Å². The molecule has 1 atom stereocenters. The van der Waals surface area contributed by atoms with Gasteiger partial charge in [-0.05, 0) is 66.1 Å². The van der Waals surface area contributed by atoms with Gasteiger partial charge in [0, 0.05) is 34.1 Å². The maximum atomic E-state index is 15.4. The van der Waals surface area contributed by atoms with E-state index in [1.807, 2.05) is 68.8 Å². The minimum atomic E-state index is -0.627. The molecule has 0 aliphatic rings. The summed E-state index contributed by atoms with van der Waals surface area (Å²) in [5.41, 5.74) is 16.0. The smallest absolute Gasteiger partial charge is 0.182 e. The van der Waals surface area contributed by atoms with Gasteiger partial charge in [0.05, 0.1) is 11.6 Å². The number of aromatic nitrogens is 4. The molecule has 8 heteroatoms. The lowest BCUT2D eigenvalue weighted by molar-refractivity contribution is 0.591. The maximum absolute atomic E-state index is 15.4. The van der Waals surface area contributed by atoms with Crippen LogP contribution in [0, 0.1) is 5.82 Å². The Hall–Kier alpha value is -3.91. The predicted octanol–water partition coefficient (Wildman–Crippen LogP) is 5.80. The topological polar surface area (TPSA) is 95.6 Å². The number of anilines is 2. The van der Waals surface area contributed by atoms with Gasteiger partial charge >= 0.3 is 0 Å². The molecule has 0 amide bonds. The molecule has 1 unspecified atom stereocenters. The van der Waals surface area contributed by atoms with Gasteiger partial charge < -0.3 is 11.5 Å². The molecule has 2 aromatic heterocycles. The number of hydrogen-bond donors (Lipinski definition) is 2. The summed E-state index contributed by atoms with van der Waals surface area (Å²) in [6.07, 6.45) is 2.79. The maximum Gasteiger partial charge on any atom is 0.182 e. The summed E-state index contributed by atoms with van der Waals surface area (Å²) >= 11 is 1.63. The lowest BCUT2D eigenvalue weighted by atomic mass is 9.91. The number of fused-ring (bicyclic) bond motifs is 1. The number of aryl methyl sites for hydroxylation is 2. The van der Waals surface area contributed by atoms with Gasteiger partial charge in [-0.3, -0.25) is 4.68 Å². The molecule has 0 aliphatic carbocycles. The summed E-state index contributed by atoms with van der Waals surface area (Å²) < 4.78 is 17.2. The van der Waals surface area contributed by atoms with Crippen molar-refractivity contribution in [2.75, 3.05) is 17.7 Å². The summed E-state index contributed by atoms with van der Waals surface area (Å²) in [4.78, 5) is 10.7. The Morgan fingerprint density at radius 2 is 1.81 bits per heavy atom. The second-order valence-electron chi connectivity index (χ2n) is 8.67. The molecule has 4 N–H and O–H groups in total. The molecule has 0 saturated heterocycles. The molecule has 0 bridgehead atoms. The first-order valence-electron chi connectivity index (χ1n) is 11.7. The fourth-order valence-electron chi connectivity index (χ4n) is 4.53. The molecule has 3 aromatic carbocycles. The summed E-state index contributed by atoms with van der Waals surface area (Å²) in [5.74, 6) is 0.544. The van der Waals surface area contributed by atoms with Crippen molar-refractivity contribution in [3.63, 3.8) is 0 Å². The molecule has 5 aromatic rings. The number of halogens is 1. The molecule has 6 nitrogen and oxygen atoms in total. The van der Waals surface area contributed by atoms with Gasteiger partial charge in [-0.1, -0.05) is 31.2 Å². The number of benzene rings is 3. The minimum absolute atomic E-state index is 0.334.